The van der Waals surface area contributed by atoms with E-state index in [2.05, 4.69) is 24.0 Å². The topological polar surface area (TPSA) is 42.1 Å². The Bertz CT molecular complexity index is 428. The van der Waals surface area contributed by atoms with Crippen LogP contribution in [0.5, 0.6) is 0 Å². The molecule has 1 fully saturated rings. The van der Waals surface area contributed by atoms with Gasteiger partial charge in [0.1, 0.15) is 5.82 Å². The molecule has 2 atom stereocenters. The normalized spacial score (nSPS) is 25.0. The van der Waals surface area contributed by atoms with E-state index in [1.165, 1.54) is 42.8 Å². The zero-order chi connectivity index (χ0) is 12.5. The summed E-state index contributed by atoms with van der Waals surface area (Å²) in [6.07, 6.45) is 6.15. The minimum atomic E-state index is 0.294. The third-order valence-electron chi connectivity index (χ3n) is 4.44. The highest BCUT2D eigenvalue weighted by Crippen LogP contribution is 2.27. The molecule has 1 aliphatic heterocycles. The van der Waals surface area contributed by atoms with Gasteiger partial charge in [0.2, 0.25) is 0 Å². The molecule has 2 aliphatic rings. The van der Waals surface area contributed by atoms with Crippen LogP contribution in [0.15, 0.2) is 12.1 Å². The van der Waals surface area contributed by atoms with E-state index in [9.17, 15) is 0 Å². The minimum absolute atomic E-state index is 0.294. The summed E-state index contributed by atoms with van der Waals surface area (Å²) in [6, 6.07) is 4.77. The van der Waals surface area contributed by atoms with Gasteiger partial charge in [-0.3, -0.25) is 0 Å². The fourth-order valence-electron chi connectivity index (χ4n) is 3.23. The van der Waals surface area contributed by atoms with Crippen molar-refractivity contribution in [2.24, 2.45) is 11.7 Å². The SMILES string of the molecule is CC(N)C1CCCN(c2ccc3c(n2)CCC3)C1. The summed E-state index contributed by atoms with van der Waals surface area (Å²) in [5.41, 5.74) is 8.84. The van der Waals surface area contributed by atoms with Crippen molar-refractivity contribution in [3.63, 3.8) is 0 Å². The van der Waals surface area contributed by atoms with Gasteiger partial charge >= 0.3 is 0 Å². The highest BCUT2D eigenvalue weighted by Gasteiger charge is 2.24. The van der Waals surface area contributed by atoms with E-state index >= 15 is 0 Å². The molecule has 1 aromatic heterocycles. The van der Waals surface area contributed by atoms with Gasteiger partial charge in [-0.15, -0.1) is 0 Å². The van der Waals surface area contributed by atoms with Crippen LogP contribution < -0.4 is 10.6 Å². The van der Waals surface area contributed by atoms with Gasteiger partial charge in [0.15, 0.2) is 0 Å². The number of hydrogen-bond donors (Lipinski definition) is 1. The van der Waals surface area contributed by atoms with Crippen molar-refractivity contribution in [2.45, 2.75) is 45.1 Å². The van der Waals surface area contributed by atoms with Crippen molar-refractivity contribution < 1.29 is 0 Å². The molecule has 3 nitrogen and oxygen atoms in total. The predicted octanol–water partition coefficient (Wildman–Crippen LogP) is 2.13. The number of piperidine rings is 1. The third-order valence-corrected chi connectivity index (χ3v) is 4.44. The molecule has 0 spiro atoms. The number of fused-ring (bicyclic) bond motifs is 1. The second kappa shape index (κ2) is 4.88. The number of pyridine rings is 1. The summed E-state index contributed by atoms with van der Waals surface area (Å²) in [5, 5.41) is 0. The molecule has 1 aliphatic carbocycles. The second-order valence-electron chi connectivity index (χ2n) is 5.84. The van der Waals surface area contributed by atoms with E-state index < -0.39 is 0 Å². The molecule has 98 valence electrons. The van der Waals surface area contributed by atoms with Crippen LogP contribution >= 0.6 is 0 Å². The van der Waals surface area contributed by atoms with Crippen molar-refractivity contribution in [1.82, 2.24) is 4.98 Å². The monoisotopic (exact) mass is 245 g/mol. The number of aromatic nitrogens is 1. The number of aryl methyl sites for hydroxylation is 2. The van der Waals surface area contributed by atoms with Crippen molar-refractivity contribution in [3.05, 3.63) is 23.4 Å². The maximum Gasteiger partial charge on any atom is 0.128 e. The van der Waals surface area contributed by atoms with Crippen LogP contribution in [0, 0.1) is 5.92 Å². The Kier molecular flexibility index (Phi) is 3.25. The molecule has 2 unspecified atom stereocenters. The molecule has 0 bridgehead atoms. The number of nitrogens with two attached hydrogens (primary N) is 1. The first kappa shape index (κ1) is 12.0. The number of rotatable bonds is 2. The Morgan fingerprint density at radius 1 is 1.33 bits per heavy atom. The summed E-state index contributed by atoms with van der Waals surface area (Å²) < 4.78 is 0. The lowest BCUT2D eigenvalue weighted by atomic mass is 9.92. The Labute approximate surface area is 109 Å². The molecule has 2 N–H and O–H groups in total. The van der Waals surface area contributed by atoms with Crippen LogP contribution in [0.25, 0.3) is 0 Å². The average molecular weight is 245 g/mol. The highest BCUT2D eigenvalue weighted by atomic mass is 15.2. The van der Waals surface area contributed by atoms with Crippen LogP contribution in [-0.2, 0) is 12.8 Å². The Balaban J connectivity index is 1.78. The lowest BCUT2D eigenvalue weighted by Crippen LogP contribution is -2.42. The number of anilines is 1. The number of nitrogens with zero attached hydrogens (tertiary/aromatic N) is 2. The lowest BCUT2D eigenvalue weighted by molar-refractivity contribution is 0.363. The van der Waals surface area contributed by atoms with Crippen LogP contribution in [0.2, 0.25) is 0 Å². The molecule has 0 amide bonds. The molecule has 0 aromatic carbocycles. The molecule has 1 aromatic rings. The van der Waals surface area contributed by atoms with Gasteiger partial charge in [0.05, 0.1) is 0 Å². The van der Waals surface area contributed by atoms with E-state index in [1.54, 1.807) is 0 Å². The first-order valence-electron chi connectivity index (χ1n) is 7.23. The molecule has 3 heteroatoms. The molecule has 18 heavy (non-hydrogen) atoms. The van der Waals surface area contributed by atoms with Crippen LogP contribution in [0.1, 0.15) is 37.4 Å². The Hall–Kier alpha value is -1.09. The molecular weight excluding hydrogens is 222 g/mol. The average Bonchev–Trinajstić information content (AvgIpc) is 2.86. The van der Waals surface area contributed by atoms with E-state index in [4.69, 9.17) is 10.7 Å². The van der Waals surface area contributed by atoms with E-state index in [0.29, 0.717) is 12.0 Å². The summed E-state index contributed by atoms with van der Waals surface area (Å²) >= 11 is 0. The van der Waals surface area contributed by atoms with Gasteiger partial charge in [-0.2, -0.15) is 0 Å². The van der Waals surface area contributed by atoms with Gasteiger partial charge in [-0.25, -0.2) is 4.98 Å². The summed E-state index contributed by atoms with van der Waals surface area (Å²) in [6.45, 7) is 4.34. The third kappa shape index (κ3) is 2.24. The second-order valence-corrected chi connectivity index (χ2v) is 5.84. The Morgan fingerprint density at radius 3 is 3.06 bits per heavy atom. The van der Waals surface area contributed by atoms with Gasteiger partial charge in [-0.1, -0.05) is 6.07 Å². The summed E-state index contributed by atoms with van der Waals surface area (Å²) in [7, 11) is 0. The highest BCUT2D eigenvalue weighted by molar-refractivity contribution is 5.43. The zero-order valence-electron chi connectivity index (χ0n) is 11.2. The van der Waals surface area contributed by atoms with E-state index in [0.717, 1.165) is 19.5 Å². The van der Waals surface area contributed by atoms with Crippen molar-refractivity contribution in [2.75, 3.05) is 18.0 Å². The fourth-order valence-corrected chi connectivity index (χ4v) is 3.23. The number of hydrogen-bond acceptors (Lipinski definition) is 3. The lowest BCUT2D eigenvalue weighted by Gasteiger charge is -2.35. The molecule has 3 rings (SSSR count). The fraction of sp³-hybridized carbons (Fsp3) is 0.667. The molecule has 1 saturated heterocycles. The molecule has 2 heterocycles. The summed E-state index contributed by atoms with van der Waals surface area (Å²) in [5.74, 6) is 1.79. The standard InChI is InChI=1S/C15H23N3/c1-11(16)13-5-3-9-18(10-13)15-8-7-12-4-2-6-14(12)17-15/h7-8,11,13H,2-6,9-10,16H2,1H3. The van der Waals surface area contributed by atoms with E-state index in [1.807, 2.05) is 0 Å². The maximum atomic E-state index is 6.05. The van der Waals surface area contributed by atoms with Gasteiger partial charge < -0.3 is 10.6 Å². The predicted molar refractivity (Wildman–Crippen MR) is 74.8 cm³/mol. The molecular formula is C15H23N3. The maximum absolute atomic E-state index is 6.05. The largest absolute Gasteiger partial charge is 0.356 e. The molecule has 0 radical (unpaired) electrons. The van der Waals surface area contributed by atoms with Gasteiger partial charge in [-0.05, 0) is 56.6 Å². The van der Waals surface area contributed by atoms with E-state index in [-0.39, 0.29) is 0 Å². The first-order chi connectivity index (χ1) is 8.74. The van der Waals surface area contributed by atoms with Crippen molar-refractivity contribution in [1.29, 1.82) is 0 Å². The quantitative estimate of drug-likeness (QED) is 0.868. The Morgan fingerprint density at radius 2 is 2.22 bits per heavy atom. The van der Waals surface area contributed by atoms with Gasteiger partial charge in [0.25, 0.3) is 0 Å². The zero-order valence-corrected chi connectivity index (χ0v) is 11.2. The van der Waals surface area contributed by atoms with Crippen molar-refractivity contribution >= 4 is 5.82 Å². The van der Waals surface area contributed by atoms with Crippen LogP contribution in [0.3, 0.4) is 0 Å². The van der Waals surface area contributed by atoms with Crippen molar-refractivity contribution in [3.8, 4) is 0 Å². The smallest absolute Gasteiger partial charge is 0.128 e. The summed E-state index contributed by atoms with van der Waals surface area (Å²) in [4.78, 5) is 7.28. The first-order valence-corrected chi connectivity index (χ1v) is 7.23. The molecule has 0 saturated carbocycles. The minimum Gasteiger partial charge on any atom is -0.356 e. The van der Waals surface area contributed by atoms with Crippen LogP contribution in [0.4, 0.5) is 5.82 Å². The van der Waals surface area contributed by atoms with Crippen LogP contribution in [-0.4, -0.2) is 24.1 Å². The van der Waals surface area contributed by atoms with Gasteiger partial charge in [0, 0.05) is 24.8 Å².